The Kier molecular flexibility index (Phi) is 3.60. The maximum atomic E-state index is 13.0. The van der Waals surface area contributed by atoms with E-state index in [4.69, 9.17) is 4.74 Å². The number of rotatable bonds is 4. The first-order valence-corrected chi connectivity index (χ1v) is 5.41. The zero-order chi connectivity index (χ0) is 12.1. The van der Waals surface area contributed by atoms with Crippen molar-refractivity contribution < 1.29 is 9.13 Å². The molecular weight excluding hydrogens is 217 g/mol. The first-order valence-electron chi connectivity index (χ1n) is 5.41. The van der Waals surface area contributed by atoms with Crippen molar-refractivity contribution in [2.75, 3.05) is 12.4 Å². The molecule has 2 nitrogen and oxygen atoms in total. The molecule has 0 aliphatic heterocycles. The third-order valence-corrected chi connectivity index (χ3v) is 2.49. The molecule has 3 heteroatoms. The Labute approximate surface area is 100 Å². The van der Waals surface area contributed by atoms with Gasteiger partial charge in [0.2, 0.25) is 0 Å². The number of benzene rings is 2. The fourth-order valence-electron chi connectivity index (χ4n) is 1.60. The SMILES string of the molecule is COc1cc(F)ccc1NCc1ccccc1. The van der Waals surface area contributed by atoms with Crippen molar-refractivity contribution in [2.45, 2.75) is 6.54 Å². The lowest BCUT2D eigenvalue weighted by molar-refractivity contribution is 0.413. The third kappa shape index (κ3) is 2.97. The summed E-state index contributed by atoms with van der Waals surface area (Å²) in [5.41, 5.74) is 1.96. The number of nitrogens with one attached hydrogen (secondary N) is 1. The van der Waals surface area contributed by atoms with Crippen molar-refractivity contribution in [1.82, 2.24) is 0 Å². The molecular formula is C14H14FNO. The minimum atomic E-state index is -0.299. The minimum absolute atomic E-state index is 0.299. The van der Waals surface area contributed by atoms with Gasteiger partial charge >= 0.3 is 0 Å². The lowest BCUT2D eigenvalue weighted by Gasteiger charge is -2.11. The summed E-state index contributed by atoms with van der Waals surface area (Å²) in [5.74, 6) is 0.216. The number of hydrogen-bond acceptors (Lipinski definition) is 2. The van der Waals surface area contributed by atoms with Gasteiger partial charge in [-0.05, 0) is 17.7 Å². The first-order chi connectivity index (χ1) is 8.29. The third-order valence-electron chi connectivity index (χ3n) is 2.49. The molecule has 0 unspecified atom stereocenters. The molecule has 0 heterocycles. The van der Waals surface area contributed by atoms with Crippen LogP contribution >= 0.6 is 0 Å². The second kappa shape index (κ2) is 5.34. The summed E-state index contributed by atoms with van der Waals surface area (Å²) in [6, 6.07) is 14.5. The molecule has 2 aromatic rings. The molecule has 0 saturated carbocycles. The molecule has 0 atom stereocenters. The second-order valence-electron chi connectivity index (χ2n) is 3.68. The smallest absolute Gasteiger partial charge is 0.144 e. The maximum Gasteiger partial charge on any atom is 0.144 e. The predicted molar refractivity (Wildman–Crippen MR) is 66.7 cm³/mol. The van der Waals surface area contributed by atoms with Crippen molar-refractivity contribution in [3.63, 3.8) is 0 Å². The zero-order valence-corrected chi connectivity index (χ0v) is 9.61. The summed E-state index contributed by atoms with van der Waals surface area (Å²) >= 11 is 0. The van der Waals surface area contributed by atoms with Crippen molar-refractivity contribution in [1.29, 1.82) is 0 Å². The van der Waals surface area contributed by atoms with E-state index in [-0.39, 0.29) is 5.82 Å². The quantitative estimate of drug-likeness (QED) is 0.870. The maximum absolute atomic E-state index is 13.0. The van der Waals surface area contributed by atoms with Gasteiger partial charge in [0.25, 0.3) is 0 Å². The molecule has 0 radical (unpaired) electrons. The van der Waals surface area contributed by atoms with Crippen LogP contribution in [0.2, 0.25) is 0 Å². The monoisotopic (exact) mass is 231 g/mol. The average Bonchev–Trinajstić information content (AvgIpc) is 2.38. The summed E-state index contributed by atoms with van der Waals surface area (Å²) in [4.78, 5) is 0. The van der Waals surface area contributed by atoms with Crippen molar-refractivity contribution in [2.24, 2.45) is 0 Å². The Morgan fingerprint density at radius 1 is 1.12 bits per heavy atom. The molecule has 0 fully saturated rings. The number of halogens is 1. The fraction of sp³-hybridized carbons (Fsp3) is 0.143. The van der Waals surface area contributed by atoms with E-state index in [1.807, 2.05) is 30.3 Å². The van der Waals surface area contributed by atoms with E-state index in [0.717, 1.165) is 5.69 Å². The Morgan fingerprint density at radius 3 is 2.59 bits per heavy atom. The summed E-state index contributed by atoms with van der Waals surface area (Å²) in [6.07, 6.45) is 0. The van der Waals surface area contributed by atoms with Crippen LogP contribution < -0.4 is 10.1 Å². The molecule has 0 saturated heterocycles. The van der Waals surface area contributed by atoms with Crippen molar-refractivity contribution in [3.05, 3.63) is 59.9 Å². The van der Waals surface area contributed by atoms with Gasteiger partial charge in [-0.15, -0.1) is 0 Å². The molecule has 0 aromatic heterocycles. The van der Waals surface area contributed by atoms with Gasteiger partial charge in [0.1, 0.15) is 11.6 Å². The molecule has 17 heavy (non-hydrogen) atoms. The number of methoxy groups -OCH3 is 1. The highest BCUT2D eigenvalue weighted by Crippen LogP contribution is 2.25. The summed E-state index contributed by atoms with van der Waals surface area (Å²) < 4.78 is 18.1. The Balaban J connectivity index is 2.09. The molecule has 0 aliphatic carbocycles. The van der Waals surface area contributed by atoms with Crippen LogP contribution in [-0.4, -0.2) is 7.11 Å². The van der Waals surface area contributed by atoms with Gasteiger partial charge in [-0.2, -0.15) is 0 Å². The van der Waals surface area contributed by atoms with E-state index in [1.54, 1.807) is 6.07 Å². The van der Waals surface area contributed by atoms with Gasteiger partial charge in [0, 0.05) is 12.6 Å². The highest BCUT2D eigenvalue weighted by molar-refractivity contribution is 5.56. The largest absolute Gasteiger partial charge is 0.494 e. The van der Waals surface area contributed by atoms with Gasteiger partial charge in [-0.3, -0.25) is 0 Å². The van der Waals surface area contributed by atoms with Crippen LogP contribution in [0, 0.1) is 5.82 Å². The highest BCUT2D eigenvalue weighted by Gasteiger charge is 2.03. The fourth-order valence-corrected chi connectivity index (χ4v) is 1.60. The van der Waals surface area contributed by atoms with Gasteiger partial charge in [0.05, 0.1) is 12.8 Å². The van der Waals surface area contributed by atoms with E-state index >= 15 is 0 Å². The Hall–Kier alpha value is -2.03. The Morgan fingerprint density at radius 2 is 1.88 bits per heavy atom. The van der Waals surface area contributed by atoms with Crippen LogP contribution in [-0.2, 0) is 6.54 Å². The molecule has 88 valence electrons. The van der Waals surface area contributed by atoms with Gasteiger partial charge < -0.3 is 10.1 Å². The van der Waals surface area contributed by atoms with Crippen LogP contribution in [0.25, 0.3) is 0 Å². The number of hydrogen-bond donors (Lipinski definition) is 1. The summed E-state index contributed by atoms with van der Waals surface area (Å²) in [5, 5.41) is 3.22. The van der Waals surface area contributed by atoms with Crippen molar-refractivity contribution in [3.8, 4) is 5.75 Å². The molecule has 2 rings (SSSR count). The van der Waals surface area contributed by atoms with E-state index in [9.17, 15) is 4.39 Å². The van der Waals surface area contributed by atoms with Crippen LogP contribution in [0.5, 0.6) is 5.75 Å². The van der Waals surface area contributed by atoms with Crippen LogP contribution in [0.4, 0.5) is 10.1 Å². The van der Waals surface area contributed by atoms with E-state index in [0.29, 0.717) is 12.3 Å². The lowest BCUT2D eigenvalue weighted by atomic mass is 10.2. The summed E-state index contributed by atoms with van der Waals surface area (Å²) in [6.45, 7) is 0.683. The van der Waals surface area contributed by atoms with Gasteiger partial charge in [-0.1, -0.05) is 30.3 Å². The van der Waals surface area contributed by atoms with Crippen LogP contribution in [0.15, 0.2) is 48.5 Å². The van der Waals surface area contributed by atoms with E-state index < -0.39 is 0 Å². The number of anilines is 1. The van der Waals surface area contributed by atoms with E-state index in [1.165, 1.54) is 24.8 Å². The van der Waals surface area contributed by atoms with Gasteiger partial charge in [0.15, 0.2) is 0 Å². The lowest BCUT2D eigenvalue weighted by Crippen LogP contribution is -2.01. The van der Waals surface area contributed by atoms with E-state index in [2.05, 4.69) is 5.32 Å². The molecule has 1 N–H and O–H groups in total. The second-order valence-corrected chi connectivity index (χ2v) is 3.68. The highest BCUT2D eigenvalue weighted by atomic mass is 19.1. The van der Waals surface area contributed by atoms with Crippen molar-refractivity contribution >= 4 is 5.69 Å². The molecule has 0 aliphatic rings. The topological polar surface area (TPSA) is 21.3 Å². The zero-order valence-electron chi connectivity index (χ0n) is 9.61. The average molecular weight is 231 g/mol. The number of ether oxygens (including phenoxy) is 1. The predicted octanol–water partition coefficient (Wildman–Crippen LogP) is 3.45. The van der Waals surface area contributed by atoms with Gasteiger partial charge in [-0.25, -0.2) is 4.39 Å². The molecule has 0 bridgehead atoms. The minimum Gasteiger partial charge on any atom is -0.494 e. The Bertz CT molecular complexity index is 485. The summed E-state index contributed by atoms with van der Waals surface area (Å²) in [7, 11) is 1.53. The molecule has 0 amide bonds. The molecule has 0 spiro atoms. The normalized spacial score (nSPS) is 10.0. The molecule has 2 aromatic carbocycles. The van der Waals surface area contributed by atoms with Crippen LogP contribution in [0.3, 0.4) is 0 Å². The first kappa shape index (κ1) is 11.5. The standard InChI is InChI=1S/C14H14FNO/c1-17-14-9-12(15)7-8-13(14)16-10-11-5-3-2-4-6-11/h2-9,16H,10H2,1H3. The van der Waals surface area contributed by atoms with Crippen LogP contribution in [0.1, 0.15) is 5.56 Å².